The van der Waals surface area contributed by atoms with Gasteiger partial charge in [-0.15, -0.1) is 0 Å². The number of ether oxygens (including phenoxy) is 2. The molecule has 1 unspecified atom stereocenters. The number of nitrogens with zero attached hydrogens (tertiary/aromatic N) is 1. The van der Waals surface area contributed by atoms with Gasteiger partial charge in [-0.1, -0.05) is 15.9 Å². The van der Waals surface area contributed by atoms with Crippen LogP contribution in [0.5, 0.6) is 11.5 Å². The molecular formula is C15H18BrN3O2. The second kappa shape index (κ2) is 7.40. The summed E-state index contributed by atoms with van der Waals surface area (Å²) in [6.07, 6.45) is 4.07. The molecule has 2 rings (SSSR count). The van der Waals surface area contributed by atoms with E-state index in [1.54, 1.807) is 26.6 Å². The number of aromatic nitrogens is 1. The number of benzene rings is 1. The van der Waals surface area contributed by atoms with Crippen molar-refractivity contribution in [1.82, 2.24) is 10.4 Å². The van der Waals surface area contributed by atoms with Crippen molar-refractivity contribution in [2.45, 2.75) is 12.5 Å². The van der Waals surface area contributed by atoms with E-state index in [-0.39, 0.29) is 6.04 Å². The van der Waals surface area contributed by atoms with Gasteiger partial charge in [-0.3, -0.25) is 16.3 Å². The highest BCUT2D eigenvalue weighted by molar-refractivity contribution is 9.10. The third-order valence-corrected chi connectivity index (χ3v) is 3.77. The van der Waals surface area contributed by atoms with Gasteiger partial charge in [-0.2, -0.15) is 0 Å². The highest BCUT2D eigenvalue weighted by atomic mass is 79.9. The van der Waals surface area contributed by atoms with Crippen molar-refractivity contribution in [3.05, 3.63) is 52.3 Å². The van der Waals surface area contributed by atoms with E-state index in [0.717, 1.165) is 21.3 Å². The van der Waals surface area contributed by atoms with Crippen molar-refractivity contribution in [3.8, 4) is 11.5 Å². The van der Waals surface area contributed by atoms with Gasteiger partial charge in [0.05, 0.1) is 26.5 Å². The number of halogens is 1. The van der Waals surface area contributed by atoms with Crippen LogP contribution in [0.2, 0.25) is 0 Å². The van der Waals surface area contributed by atoms with Gasteiger partial charge in [-0.05, 0) is 36.2 Å². The van der Waals surface area contributed by atoms with Crippen LogP contribution >= 0.6 is 15.9 Å². The van der Waals surface area contributed by atoms with Crippen LogP contribution < -0.4 is 20.7 Å². The van der Waals surface area contributed by atoms with E-state index in [1.807, 2.05) is 24.3 Å². The van der Waals surface area contributed by atoms with Crippen LogP contribution in [0.15, 0.2) is 41.1 Å². The molecule has 21 heavy (non-hydrogen) atoms. The van der Waals surface area contributed by atoms with Crippen LogP contribution in [0.3, 0.4) is 0 Å². The molecule has 0 saturated carbocycles. The zero-order valence-corrected chi connectivity index (χ0v) is 13.6. The quantitative estimate of drug-likeness (QED) is 0.618. The fraction of sp³-hybridized carbons (Fsp3) is 0.267. The summed E-state index contributed by atoms with van der Waals surface area (Å²) in [6.45, 7) is 0. The van der Waals surface area contributed by atoms with Gasteiger partial charge in [0.1, 0.15) is 11.5 Å². The second-order valence-electron chi connectivity index (χ2n) is 4.50. The molecule has 0 aliphatic heterocycles. The van der Waals surface area contributed by atoms with Gasteiger partial charge in [0.2, 0.25) is 0 Å². The van der Waals surface area contributed by atoms with E-state index in [9.17, 15) is 0 Å². The van der Waals surface area contributed by atoms with Gasteiger partial charge >= 0.3 is 0 Å². The summed E-state index contributed by atoms with van der Waals surface area (Å²) in [5, 5.41) is 0. The number of methoxy groups -OCH3 is 2. The molecule has 5 nitrogen and oxygen atoms in total. The smallest absolute Gasteiger partial charge is 0.141 e. The second-order valence-corrected chi connectivity index (χ2v) is 5.41. The topological polar surface area (TPSA) is 69.4 Å². The average molecular weight is 352 g/mol. The van der Waals surface area contributed by atoms with Gasteiger partial charge in [0.15, 0.2) is 0 Å². The summed E-state index contributed by atoms with van der Waals surface area (Å²) in [5.41, 5.74) is 4.84. The summed E-state index contributed by atoms with van der Waals surface area (Å²) in [7, 11) is 3.28. The first-order valence-corrected chi connectivity index (χ1v) is 7.25. The number of nitrogens with one attached hydrogen (secondary N) is 1. The summed E-state index contributed by atoms with van der Waals surface area (Å²) >= 11 is 3.48. The lowest BCUT2D eigenvalue weighted by molar-refractivity contribution is 0.391. The Labute approximate surface area is 132 Å². The monoisotopic (exact) mass is 351 g/mol. The Morgan fingerprint density at radius 1 is 1.24 bits per heavy atom. The molecule has 1 aromatic heterocycles. The first-order chi connectivity index (χ1) is 10.2. The maximum absolute atomic E-state index is 5.73. The Balaban J connectivity index is 2.33. The van der Waals surface area contributed by atoms with E-state index >= 15 is 0 Å². The van der Waals surface area contributed by atoms with Gasteiger partial charge in [0, 0.05) is 16.2 Å². The molecule has 112 valence electrons. The fourth-order valence-corrected chi connectivity index (χ4v) is 2.64. The molecule has 1 atom stereocenters. The van der Waals surface area contributed by atoms with Crippen LogP contribution in [0.4, 0.5) is 0 Å². The van der Waals surface area contributed by atoms with E-state index in [0.29, 0.717) is 12.2 Å². The summed E-state index contributed by atoms with van der Waals surface area (Å²) < 4.78 is 11.7. The Bertz CT molecular complexity index is 607. The molecule has 6 heteroatoms. The molecule has 0 spiro atoms. The predicted octanol–water partition coefficient (Wildman–Crippen LogP) is 2.61. The fourth-order valence-electron chi connectivity index (χ4n) is 2.23. The number of pyridine rings is 1. The Hall–Kier alpha value is -1.63. The van der Waals surface area contributed by atoms with Gasteiger partial charge < -0.3 is 9.47 Å². The van der Waals surface area contributed by atoms with E-state index in [1.165, 1.54) is 0 Å². The van der Waals surface area contributed by atoms with Crippen molar-refractivity contribution in [2.75, 3.05) is 14.2 Å². The molecular weight excluding hydrogens is 334 g/mol. The van der Waals surface area contributed by atoms with Crippen LogP contribution in [-0.2, 0) is 6.42 Å². The third-order valence-electron chi connectivity index (χ3n) is 3.28. The Morgan fingerprint density at radius 3 is 2.67 bits per heavy atom. The average Bonchev–Trinajstić information content (AvgIpc) is 2.52. The largest absolute Gasteiger partial charge is 0.496 e. The standard InChI is InChI=1S/C15H18BrN3O2/c1-20-14-4-3-11(16)7-10(14)8-13(19-17)12-5-6-18-9-15(12)21-2/h3-7,9,13,19H,8,17H2,1-2H3. The zero-order chi connectivity index (χ0) is 15.2. The molecule has 2 aromatic rings. The molecule has 0 radical (unpaired) electrons. The van der Waals surface area contributed by atoms with Crippen molar-refractivity contribution < 1.29 is 9.47 Å². The number of hydrogen-bond donors (Lipinski definition) is 2. The first-order valence-electron chi connectivity index (χ1n) is 6.46. The molecule has 1 aromatic carbocycles. The molecule has 3 N–H and O–H groups in total. The van der Waals surface area contributed by atoms with Crippen molar-refractivity contribution >= 4 is 15.9 Å². The Kier molecular flexibility index (Phi) is 5.55. The van der Waals surface area contributed by atoms with Gasteiger partial charge in [0.25, 0.3) is 0 Å². The van der Waals surface area contributed by atoms with Crippen molar-refractivity contribution in [1.29, 1.82) is 0 Å². The van der Waals surface area contributed by atoms with Crippen LogP contribution in [0.1, 0.15) is 17.2 Å². The zero-order valence-electron chi connectivity index (χ0n) is 12.0. The summed E-state index contributed by atoms with van der Waals surface area (Å²) in [4.78, 5) is 4.06. The van der Waals surface area contributed by atoms with Crippen LogP contribution in [0, 0.1) is 0 Å². The molecule has 0 amide bonds. The number of hydrazine groups is 1. The Morgan fingerprint density at radius 2 is 2.00 bits per heavy atom. The lowest BCUT2D eigenvalue weighted by atomic mass is 9.99. The van der Waals surface area contributed by atoms with Crippen LogP contribution in [-0.4, -0.2) is 19.2 Å². The minimum Gasteiger partial charge on any atom is -0.496 e. The maximum atomic E-state index is 5.73. The molecule has 0 aliphatic rings. The molecule has 0 fully saturated rings. The van der Waals surface area contributed by atoms with Gasteiger partial charge in [-0.25, -0.2) is 0 Å². The number of hydrogen-bond acceptors (Lipinski definition) is 5. The predicted molar refractivity (Wildman–Crippen MR) is 85.3 cm³/mol. The van der Waals surface area contributed by atoms with E-state index < -0.39 is 0 Å². The summed E-state index contributed by atoms with van der Waals surface area (Å²) in [5.74, 6) is 7.26. The summed E-state index contributed by atoms with van der Waals surface area (Å²) in [6, 6.07) is 7.69. The van der Waals surface area contributed by atoms with Crippen molar-refractivity contribution in [2.24, 2.45) is 5.84 Å². The SMILES string of the molecule is COc1ccc(Br)cc1CC(NN)c1ccncc1OC. The minimum atomic E-state index is -0.105. The number of nitrogens with two attached hydrogens (primary N) is 1. The highest BCUT2D eigenvalue weighted by Crippen LogP contribution is 2.30. The molecule has 0 aliphatic carbocycles. The maximum Gasteiger partial charge on any atom is 0.141 e. The minimum absolute atomic E-state index is 0.105. The van der Waals surface area contributed by atoms with E-state index in [2.05, 4.69) is 26.3 Å². The molecule has 0 bridgehead atoms. The lowest BCUT2D eigenvalue weighted by Crippen LogP contribution is -2.30. The highest BCUT2D eigenvalue weighted by Gasteiger charge is 2.17. The lowest BCUT2D eigenvalue weighted by Gasteiger charge is -2.20. The third kappa shape index (κ3) is 3.72. The number of rotatable bonds is 6. The van der Waals surface area contributed by atoms with E-state index in [4.69, 9.17) is 15.3 Å². The molecule has 1 heterocycles. The normalized spacial score (nSPS) is 12.0. The first kappa shape index (κ1) is 15.8. The molecule has 0 saturated heterocycles. The van der Waals surface area contributed by atoms with Crippen LogP contribution in [0.25, 0.3) is 0 Å². The van der Waals surface area contributed by atoms with Crippen molar-refractivity contribution in [3.63, 3.8) is 0 Å².